The molecule has 1 fully saturated rings. The molecular formula is C26H32ClNO6. The molecule has 2 aliphatic rings. The summed E-state index contributed by atoms with van der Waals surface area (Å²) < 4.78 is 16.4. The van der Waals surface area contributed by atoms with Crippen LogP contribution in [0.3, 0.4) is 0 Å². The van der Waals surface area contributed by atoms with Crippen LogP contribution in [0.4, 0.5) is 4.79 Å². The number of carbonyl (C=O) groups is 2. The van der Waals surface area contributed by atoms with E-state index in [2.05, 4.69) is 5.32 Å². The highest BCUT2D eigenvalue weighted by Crippen LogP contribution is 2.36. The standard InChI is InChI=1S/C26H32ClNO6/c1-26(2,3)34-25(31)28-14-15-8-10-16(11-9-15)23(29)33-22-13-21-19(12-20(22)27)17-6-4-5-7-18(17)24(30)32-21/h12-13,15-16H,4-11,14H2,1-3H3,(H,28,31). The van der Waals surface area contributed by atoms with Crippen LogP contribution < -0.4 is 15.7 Å². The number of aryl methyl sites for hydroxylation is 1. The molecule has 1 N–H and O–H groups in total. The third kappa shape index (κ3) is 5.74. The third-order valence-corrected chi connectivity index (χ3v) is 6.90. The number of carbonyl (C=O) groups excluding carboxylic acids is 2. The number of amides is 1. The van der Waals surface area contributed by atoms with Crippen LogP contribution in [0, 0.1) is 11.8 Å². The molecule has 1 heterocycles. The third-order valence-electron chi connectivity index (χ3n) is 6.60. The van der Waals surface area contributed by atoms with E-state index in [-0.39, 0.29) is 23.3 Å². The van der Waals surface area contributed by atoms with E-state index >= 15 is 0 Å². The Morgan fingerprint density at radius 2 is 1.76 bits per heavy atom. The molecule has 0 atom stereocenters. The zero-order valence-corrected chi connectivity index (χ0v) is 20.8. The number of hydrogen-bond donors (Lipinski definition) is 1. The topological polar surface area (TPSA) is 94.8 Å². The highest BCUT2D eigenvalue weighted by Gasteiger charge is 2.29. The number of ether oxygens (including phenoxy) is 2. The molecule has 4 rings (SSSR count). The van der Waals surface area contributed by atoms with Crippen molar-refractivity contribution in [2.24, 2.45) is 11.8 Å². The number of fused-ring (bicyclic) bond motifs is 3. The Bertz CT molecular complexity index is 1140. The quantitative estimate of drug-likeness (QED) is 0.343. The molecule has 0 radical (unpaired) electrons. The first-order chi connectivity index (χ1) is 16.1. The van der Waals surface area contributed by atoms with E-state index in [0.29, 0.717) is 35.9 Å². The predicted molar refractivity (Wildman–Crippen MR) is 129 cm³/mol. The Morgan fingerprint density at radius 3 is 2.44 bits per heavy atom. The molecule has 0 bridgehead atoms. The number of hydrogen-bond acceptors (Lipinski definition) is 6. The summed E-state index contributed by atoms with van der Waals surface area (Å²) in [6.45, 7) is 6.00. The fourth-order valence-electron chi connectivity index (χ4n) is 4.86. The first-order valence-electron chi connectivity index (χ1n) is 12.1. The smallest absolute Gasteiger partial charge is 0.407 e. The van der Waals surface area contributed by atoms with Crippen LogP contribution in [0.15, 0.2) is 21.3 Å². The Morgan fingerprint density at radius 1 is 1.09 bits per heavy atom. The van der Waals surface area contributed by atoms with E-state index in [0.717, 1.165) is 55.0 Å². The molecule has 34 heavy (non-hydrogen) atoms. The molecule has 1 aromatic carbocycles. The molecule has 7 nitrogen and oxygen atoms in total. The second kappa shape index (κ2) is 9.98. The van der Waals surface area contributed by atoms with Gasteiger partial charge in [0.1, 0.15) is 11.2 Å². The van der Waals surface area contributed by atoms with Gasteiger partial charge in [0.15, 0.2) is 5.75 Å². The van der Waals surface area contributed by atoms with Crippen LogP contribution in [-0.2, 0) is 22.4 Å². The summed E-state index contributed by atoms with van der Waals surface area (Å²) in [4.78, 5) is 37.1. The minimum absolute atomic E-state index is 0.215. The molecule has 0 unspecified atom stereocenters. The van der Waals surface area contributed by atoms with Crippen LogP contribution >= 0.6 is 11.6 Å². The zero-order valence-electron chi connectivity index (χ0n) is 20.0. The highest BCUT2D eigenvalue weighted by molar-refractivity contribution is 6.33. The minimum Gasteiger partial charge on any atom is -0.444 e. The van der Waals surface area contributed by atoms with Gasteiger partial charge in [-0.15, -0.1) is 0 Å². The lowest BCUT2D eigenvalue weighted by molar-refractivity contribution is -0.140. The average molecular weight is 490 g/mol. The summed E-state index contributed by atoms with van der Waals surface area (Å²) in [5.74, 6) is -0.0618. The summed E-state index contributed by atoms with van der Waals surface area (Å²) in [6.07, 6.45) is 6.08. The molecule has 1 aromatic heterocycles. The number of alkyl carbamates (subject to hydrolysis) is 1. The number of halogens is 1. The van der Waals surface area contributed by atoms with Gasteiger partial charge in [-0.05, 0) is 89.7 Å². The van der Waals surface area contributed by atoms with Crippen molar-refractivity contribution in [3.63, 3.8) is 0 Å². The van der Waals surface area contributed by atoms with Crippen molar-refractivity contribution in [1.29, 1.82) is 0 Å². The Kier molecular flexibility index (Phi) is 7.22. The zero-order chi connectivity index (χ0) is 24.5. The summed E-state index contributed by atoms with van der Waals surface area (Å²) in [7, 11) is 0. The Balaban J connectivity index is 1.36. The molecule has 1 amide bonds. The van der Waals surface area contributed by atoms with Crippen LogP contribution in [-0.4, -0.2) is 24.2 Å². The van der Waals surface area contributed by atoms with E-state index in [4.69, 9.17) is 25.5 Å². The summed E-state index contributed by atoms with van der Waals surface area (Å²) >= 11 is 6.46. The van der Waals surface area contributed by atoms with E-state index < -0.39 is 11.7 Å². The molecule has 2 aliphatic carbocycles. The average Bonchev–Trinajstić information content (AvgIpc) is 2.78. The lowest BCUT2D eigenvalue weighted by atomic mass is 9.82. The van der Waals surface area contributed by atoms with Crippen LogP contribution in [0.5, 0.6) is 5.75 Å². The maximum atomic E-state index is 12.8. The van der Waals surface area contributed by atoms with Crippen molar-refractivity contribution in [2.75, 3.05) is 6.54 Å². The van der Waals surface area contributed by atoms with Crippen LogP contribution in [0.1, 0.15) is 70.4 Å². The normalized spacial score (nSPS) is 20.5. The van der Waals surface area contributed by atoms with Crippen LogP contribution in [0.25, 0.3) is 11.0 Å². The first kappa shape index (κ1) is 24.6. The van der Waals surface area contributed by atoms with Gasteiger partial charge in [0, 0.05) is 23.6 Å². The SMILES string of the molecule is CC(C)(C)OC(=O)NCC1CCC(C(=O)Oc2cc3oc(=O)c4c(c3cc2Cl)CCCC4)CC1. The lowest BCUT2D eigenvalue weighted by Gasteiger charge is -2.28. The number of rotatable bonds is 4. The van der Waals surface area contributed by atoms with E-state index in [1.165, 1.54) is 0 Å². The number of esters is 1. The fourth-order valence-corrected chi connectivity index (χ4v) is 5.06. The van der Waals surface area contributed by atoms with Crippen molar-refractivity contribution >= 4 is 34.6 Å². The summed E-state index contributed by atoms with van der Waals surface area (Å²) in [6, 6.07) is 3.30. The first-order valence-corrected chi connectivity index (χ1v) is 12.4. The van der Waals surface area contributed by atoms with Gasteiger partial charge in [-0.1, -0.05) is 11.6 Å². The molecule has 1 saturated carbocycles. The van der Waals surface area contributed by atoms with Crippen molar-refractivity contribution in [2.45, 2.75) is 77.7 Å². The van der Waals surface area contributed by atoms with Crippen LogP contribution in [0.2, 0.25) is 5.02 Å². The molecule has 8 heteroatoms. The van der Waals surface area contributed by atoms with Gasteiger partial charge < -0.3 is 19.2 Å². The molecule has 2 aromatic rings. The van der Waals surface area contributed by atoms with E-state index in [9.17, 15) is 14.4 Å². The van der Waals surface area contributed by atoms with Crippen molar-refractivity contribution in [3.8, 4) is 5.75 Å². The fraction of sp³-hybridized carbons (Fsp3) is 0.577. The van der Waals surface area contributed by atoms with E-state index in [1.54, 1.807) is 12.1 Å². The number of benzene rings is 1. The highest BCUT2D eigenvalue weighted by atomic mass is 35.5. The summed E-state index contributed by atoms with van der Waals surface area (Å²) in [5, 5.41) is 3.96. The van der Waals surface area contributed by atoms with Gasteiger partial charge >= 0.3 is 17.7 Å². The molecule has 184 valence electrons. The molecule has 0 spiro atoms. The number of nitrogens with one attached hydrogen (secondary N) is 1. The van der Waals surface area contributed by atoms with Gasteiger partial charge in [0.2, 0.25) is 0 Å². The second-order valence-electron chi connectivity index (χ2n) is 10.4. The molecule has 0 saturated heterocycles. The molecule has 0 aliphatic heterocycles. The largest absolute Gasteiger partial charge is 0.444 e. The van der Waals surface area contributed by atoms with Gasteiger partial charge in [-0.25, -0.2) is 9.59 Å². The second-order valence-corrected chi connectivity index (χ2v) is 10.8. The maximum absolute atomic E-state index is 12.8. The Labute approximate surface area is 204 Å². The van der Waals surface area contributed by atoms with Gasteiger partial charge in [0.25, 0.3) is 0 Å². The van der Waals surface area contributed by atoms with Crippen molar-refractivity contribution < 1.29 is 23.5 Å². The maximum Gasteiger partial charge on any atom is 0.407 e. The monoisotopic (exact) mass is 489 g/mol. The van der Waals surface area contributed by atoms with Crippen molar-refractivity contribution in [3.05, 3.63) is 38.7 Å². The predicted octanol–water partition coefficient (Wildman–Crippen LogP) is 5.56. The van der Waals surface area contributed by atoms with Gasteiger partial charge in [-0.2, -0.15) is 0 Å². The molecular weight excluding hydrogens is 458 g/mol. The van der Waals surface area contributed by atoms with Gasteiger partial charge in [0.05, 0.1) is 10.9 Å². The van der Waals surface area contributed by atoms with Gasteiger partial charge in [-0.3, -0.25) is 4.79 Å². The minimum atomic E-state index is -0.530. The summed E-state index contributed by atoms with van der Waals surface area (Å²) in [5.41, 5.74) is 1.28. The Hall–Kier alpha value is -2.54. The lowest BCUT2D eigenvalue weighted by Crippen LogP contribution is -2.36. The van der Waals surface area contributed by atoms with Crippen molar-refractivity contribution in [1.82, 2.24) is 5.32 Å². The van der Waals surface area contributed by atoms with E-state index in [1.807, 2.05) is 20.8 Å².